The molecule has 1 amide bonds. The van der Waals surface area contributed by atoms with E-state index in [1.807, 2.05) is 12.1 Å². The third-order valence-electron chi connectivity index (χ3n) is 6.43. The second kappa shape index (κ2) is 7.87. The van der Waals surface area contributed by atoms with Gasteiger partial charge in [-0.3, -0.25) is 4.79 Å². The van der Waals surface area contributed by atoms with Gasteiger partial charge >= 0.3 is 0 Å². The van der Waals surface area contributed by atoms with Crippen LogP contribution in [0, 0.1) is 26.2 Å². The van der Waals surface area contributed by atoms with E-state index in [9.17, 15) is 4.79 Å². The Kier molecular flexibility index (Phi) is 5.27. The third-order valence-corrected chi connectivity index (χ3v) is 6.43. The van der Waals surface area contributed by atoms with Gasteiger partial charge in [0.1, 0.15) is 0 Å². The molecule has 0 aliphatic heterocycles. The van der Waals surface area contributed by atoms with Crippen LogP contribution in [0.15, 0.2) is 72.8 Å². The fourth-order valence-electron chi connectivity index (χ4n) is 4.94. The van der Waals surface area contributed by atoms with Gasteiger partial charge in [0.05, 0.1) is 5.41 Å². The number of hydrogen-bond donors (Lipinski definition) is 1. The third kappa shape index (κ3) is 3.60. The number of carbonyl (C=O) groups excluding carboxylic acids is 1. The minimum Gasteiger partial charge on any atom is -0.325 e. The van der Waals surface area contributed by atoms with E-state index in [2.05, 4.69) is 86.8 Å². The Hall–Kier alpha value is -2.87. The molecule has 1 aliphatic rings. The van der Waals surface area contributed by atoms with E-state index < -0.39 is 5.41 Å². The number of benzene rings is 3. The van der Waals surface area contributed by atoms with Crippen molar-refractivity contribution < 1.29 is 4.79 Å². The first-order chi connectivity index (χ1) is 14.0. The first kappa shape index (κ1) is 19.4. The standard InChI is InChI=1S/C27H29NO/c1-19-17-20(2)25(21(3)18-19)28-26(29)27(15-10-16-27)24(22-11-6-4-7-12-22)23-13-8-5-9-14-23/h4-9,11-14,17-18,24H,10,15-16H2,1-3H3,(H,28,29). The summed E-state index contributed by atoms with van der Waals surface area (Å²) >= 11 is 0. The molecule has 0 atom stereocenters. The highest BCUT2D eigenvalue weighted by Gasteiger charge is 2.51. The minimum atomic E-state index is -0.410. The predicted octanol–water partition coefficient (Wildman–Crippen LogP) is 6.55. The van der Waals surface area contributed by atoms with Crippen molar-refractivity contribution in [2.75, 3.05) is 5.32 Å². The second-order valence-electron chi connectivity index (χ2n) is 8.49. The average molecular weight is 384 g/mol. The number of aryl methyl sites for hydroxylation is 3. The number of hydrogen-bond acceptors (Lipinski definition) is 1. The molecule has 3 aromatic rings. The largest absolute Gasteiger partial charge is 0.325 e. The van der Waals surface area contributed by atoms with Gasteiger partial charge in [-0.2, -0.15) is 0 Å². The van der Waals surface area contributed by atoms with Gasteiger partial charge in [0.15, 0.2) is 0 Å². The molecular weight excluding hydrogens is 354 g/mol. The summed E-state index contributed by atoms with van der Waals surface area (Å²) < 4.78 is 0. The van der Waals surface area contributed by atoms with E-state index in [0.717, 1.165) is 36.1 Å². The second-order valence-corrected chi connectivity index (χ2v) is 8.49. The van der Waals surface area contributed by atoms with Gasteiger partial charge in [-0.1, -0.05) is 84.8 Å². The number of carbonyl (C=O) groups is 1. The molecule has 1 aliphatic carbocycles. The molecule has 148 valence electrons. The summed E-state index contributed by atoms with van der Waals surface area (Å²) in [6.45, 7) is 6.25. The molecule has 0 heterocycles. The average Bonchev–Trinajstić information content (AvgIpc) is 2.68. The molecule has 29 heavy (non-hydrogen) atoms. The van der Waals surface area contributed by atoms with Crippen LogP contribution in [0.3, 0.4) is 0 Å². The first-order valence-electron chi connectivity index (χ1n) is 10.5. The molecule has 0 spiro atoms. The zero-order valence-electron chi connectivity index (χ0n) is 17.5. The summed E-state index contributed by atoms with van der Waals surface area (Å²) in [6.07, 6.45) is 2.92. The Labute approximate surface area is 174 Å². The lowest BCUT2D eigenvalue weighted by molar-refractivity contribution is -0.131. The maximum absolute atomic E-state index is 13.8. The lowest BCUT2D eigenvalue weighted by Crippen LogP contribution is -2.47. The van der Waals surface area contributed by atoms with Crippen LogP contribution in [0.1, 0.15) is 53.0 Å². The lowest BCUT2D eigenvalue weighted by atomic mass is 9.57. The van der Waals surface area contributed by atoms with Gasteiger partial charge in [-0.25, -0.2) is 0 Å². The van der Waals surface area contributed by atoms with Gasteiger partial charge in [-0.05, 0) is 55.9 Å². The van der Waals surface area contributed by atoms with Crippen LogP contribution >= 0.6 is 0 Å². The van der Waals surface area contributed by atoms with Crippen molar-refractivity contribution in [3.63, 3.8) is 0 Å². The highest BCUT2D eigenvalue weighted by Crippen LogP contribution is 2.55. The minimum absolute atomic E-state index is 0.0599. The number of anilines is 1. The number of nitrogens with one attached hydrogen (secondary N) is 1. The van der Waals surface area contributed by atoms with Crippen LogP contribution in [0.4, 0.5) is 5.69 Å². The molecule has 1 N–H and O–H groups in total. The van der Waals surface area contributed by atoms with Crippen LogP contribution in [0.2, 0.25) is 0 Å². The van der Waals surface area contributed by atoms with Crippen LogP contribution in [-0.4, -0.2) is 5.91 Å². The summed E-state index contributed by atoms with van der Waals surface area (Å²) in [6, 6.07) is 25.3. The van der Waals surface area contributed by atoms with Gasteiger partial charge in [-0.15, -0.1) is 0 Å². The van der Waals surface area contributed by atoms with Gasteiger partial charge < -0.3 is 5.32 Å². The number of amides is 1. The molecule has 0 aromatic heterocycles. The van der Waals surface area contributed by atoms with Crippen LogP contribution in [0.25, 0.3) is 0 Å². The van der Waals surface area contributed by atoms with Crippen LogP contribution < -0.4 is 5.32 Å². The van der Waals surface area contributed by atoms with Crippen molar-refractivity contribution in [2.24, 2.45) is 5.41 Å². The highest BCUT2D eigenvalue weighted by atomic mass is 16.2. The first-order valence-corrected chi connectivity index (χ1v) is 10.5. The zero-order chi connectivity index (χ0) is 20.4. The highest BCUT2D eigenvalue weighted by molar-refractivity contribution is 5.98. The molecule has 4 rings (SSSR count). The normalized spacial score (nSPS) is 15.0. The van der Waals surface area contributed by atoms with E-state index in [0.29, 0.717) is 0 Å². The molecule has 0 radical (unpaired) electrons. The lowest BCUT2D eigenvalue weighted by Gasteiger charge is -2.47. The summed E-state index contributed by atoms with van der Waals surface area (Å²) in [7, 11) is 0. The van der Waals surface area contributed by atoms with Crippen molar-refractivity contribution >= 4 is 11.6 Å². The molecule has 0 unspecified atom stereocenters. The van der Waals surface area contributed by atoms with Gasteiger partial charge in [0, 0.05) is 11.6 Å². The van der Waals surface area contributed by atoms with E-state index in [4.69, 9.17) is 0 Å². The Morgan fingerprint density at radius 1 is 0.828 bits per heavy atom. The number of rotatable bonds is 5. The van der Waals surface area contributed by atoms with E-state index in [1.54, 1.807) is 0 Å². The summed E-state index contributed by atoms with van der Waals surface area (Å²) in [5, 5.41) is 3.33. The molecule has 1 fully saturated rings. The molecule has 0 saturated heterocycles. The zero-order valence-corrected chi connectivity index (χ0v) is 17.5. The van der Waals surface area contributed by atoms with Crippen molar-refractivity contribution in [3.05, 3.63) is 101 Å². The Balaban J connectivity index is 1.76. The van der Waals surface area contributed by atoms with Crippen molar-refractivity contribution in [3.8, 4) is 0 Å². The fourth-order valence-corrected chi connectivity index (χ4v) is 4.94. The Bertz CT molecular complexity index is 941. The monoisotopic (exact) mass is 383 g/mol. The van der Waals surface area contributed by atoms with Gasteiger partial charge in [0.25, 0.3) is 0 Å². The maximum atomic E-state index is 13.8. The predicted molar refractivity (Wildman–Crippen MR) is 120 cm³/mol. The molecule has 3 aromatic carbocycles. The quantitative estimate of drug-likeness (QED) is 0.531. The summed E-state index contributed by atoms with van der Waals surface area (Å²) in [4.78, 5) is 13.8. The smallest absolute Gasteiger partial charge is 0.231 e. The summed E-state index contributed by atoms with van der Waals surface area (Å²) in [5.41, 5.74) is 6.46. The summed E-state index contributed by atoms with van der Waals surface area (Å²) in [5.74, 6) is 0.209. The van der Waals surface area contributed by atoms with Crippen molar-refractivity contribution in [1.82, 2.24) is 0 Å². The van der Waals surface area contributed by atoms with Crippen molar-refractivity contribution in [1.29, 1.82) is 0 Å². The molecular formula is C27H29NO. The van der Waals surface area contributed by atoms with Crippen LogP contribution in [-0.2, 0) is 4.79 Å². The Morgan fingerprint density at radius 3 is 1.72 bits per heavy atom. The van der Waals surface area contributed by atoms with Crippen LogP contribution in [0.5, 0.6) is 0 Å². The topological polar surface area (TPSA) is 29.1 Å². The SMILES string of the molecule is Cc1cc(C)c(NC(=O)C2(C(c3ccccc3)c3ccccc3)CCC2)c(C)c1. The molecule has 2 nitrogen and oxygen atoms in total. The molecule has 0 bridgehead atoms. The maximum Gasteiger partial charge on any atom is 0.231 e. The molecule has 1 saturated carbocycles. The van der Waals surface area contributed by atoms with E-state index >= 15 is 0 Å². The Morgan fingerprint density at radius 2 is 1.31 bits per heavy atom. The van der Waals surface area contributed by atoms with E-state index in [-0.39, 0.29) is 11.8 Å². The van der Waals surface area contributed by atoms with Gasteiger partial charge in [0.2, 0.25) is 5.91 Å². The molecule has 2 heteroatoms. The fraction of sp³-hybridized carbons (Fsp3) is 0.296. The van der Waals surface area contributed by atoms with Crippen molar-refractivity contribution in [2.45, 2.75) is 46.0 Å². The van der Waals surface area contributed by atoms with E-state index in [1.165, 1.54) is 16.7 Å².